The molecule has 9 heteroatoms. The number of hydrogen-bond acceptors (Lipinski definition) is 6. The third-order valence-electron chi connectivity index (χ3n) is 5.10. The van der Waals surface area contributed by atoms with Gasteiger partial charge in [0.1, 0.15) is 0 Å². The average molecular weight is 396 g/mol. The largest absolute Gasteiger partial charge is 0.466 e. The van der Waals surface area contributed by atoms with E-state index in [4.69, 9.17) is 14.2 Å². The maximum absolute atomic E-state index is 13.2. The van der Waals surface area contributed by atoms with Gasteiger partial charge < -0.3 is 24.1 Å². The quantitative estimate of drug-likeness (QED) is 0.694. The second-order valence-electron chi connectivity index (χ2n) is 6.81. The fourth-order valence-electron chi connectivity index (χ4n) is 3.83. The molecule has 2 aliphatic heterocycles. The Morgan fingerprint density at radius 2 is 2.11 bits per heavy atom. The third kappa shape index (κ3) is 3.68. The van der Waals surface area contributed by atoms with E-state index >= 15 is 0 Å². The number of hydrogen-bond donors (Lipinski definition) is 1. The zero-order valence-corrected chi connectivity index (χ0v) is 16.1. The Hall–Kier alpha value is -2.26. The van der Waals surface area contributed by atoms with Crippen LogP contribution in [0, 0.1) is 0 Å². The summed E-state index contributed by atoms with van der Waals surface area (Å²) in [4.78, 5) is 37.1. The van der Waals surface area contributed by atoms with Gasteiger partial charge in [0.15, 0.2) is 0 Å². The molecule has 2 aliphatic rings. The predicted octanol–water partition coefficient (Wildman–Crippen LogP) is 1.09. The number of esters is 1. The van der Waals surface area contributed by atoms with E-state index in [1.807, 2.05) is 0 Å². The molecule has 154 valence electrons. The van der Waals surface area contributed by atoms with Crippen molar-refractivity contribution in [3.8, 4) is 0 Å². The molecule has 3 heterocycles. The summed E-state index contributed by atoms with van der Waals surface area (Å²) in [6, 6.07) is 1.67. The lowest BCUT2D eigenvalue weighted by atomic mass is 9.91. The van der Waals surface area contributed by atoms with Gasteiger partial charge in [0.2, 0.25) is 11.7 Å². The van der Waals surface area contributed by atoms with Crippen molar-refractivity contribution in [3.05, 3.63) is 33.2 Å². The molecule has 0 aliphatic carbocycles. The molecule has 8 nitrogen and oxygen atoms in total. The SMILES string of the molecule is CCOC(=O)C(CCF)c1cc2n(c(=O)c1CNC(C)=O)CCC21OCCO1. The fourth-order valence-corrected chi connectivity index (χ4v) is 3.83. The topological polar surface area (TPSA) is 95.9 Å². The number of ether oxygens (including phenoxy) is 3. The van der Waals surface area contributed by atoms with Gasteiger partial charge in [0.05, 0.1) is 38.1 Å². The van der Waals surface area contributed by atoms with Crippen LogP contribution in [0.5, 0.6) is 0 Å². The number of pyridine rings is 1. The normalized spacial score (nSPS) is 18.1. The van der Waals surface area contributed by atoms with Crippen molar-refractivity contribution in [1.82, 2.24) is 9.88 Å². The molecular weight excluding hydrogens is 371 g/mol. The number of aromatic nitrogens is 1. The molecule has 1 spiro atoms. The van der Waals surface area contributed by atoms with Gasteiger partial charge in [0.25, 0.3) is 5.56 Å². The van der Waals surface area contributed by atoms with Crippen LogP contribution >= 0.6 is 0 Å². The summed E-state index contributed by atoms with van der Waals surface area (Å²) in [5.74, 6) is -2.89. The van der Waals surface area contributed by atoms with Gasteiger partial charge in [-0.15, -0.1) is 0 Å². The smallest absolute Gasteiger partial charge is 0.313 e. The van der Waals surface area contributed by atoms with Crippen molar-refractivity contribution in [1.29, 1.82) is 0 Å². The molecule has 1 unspecified atom stereocenters. The number of nitrogens with zero attached hydrogens (tertiary/aromatic N) is 1. The molecule has 0 aromatic carbocycles. The zero-order chi connectivity index (χ0) is 20.3. The lowest BCUT2D eigenvalue weighted by Gasteiger charge is -2.25. The van der Waals surface area contributed by atoms with E-state index in [1.54, 1.807) is 17.6 Å². The lowest BCUT2D eigenvalue weighted by molar-refractivity contribution is -0.163. The molecular formula is C19H25FN2O6. The third-order valence-corrected chi connectivity index (χ3v) is 5.10. The molecule has 28 heavy (non-hydrogen) atoms. The van der Waals surface area contributed by atoms with Crippen LogP contribution in [-0.2, 0) is 42.7 Å². The first-order chi connectivity index (χ1) is 13.4. The summed E-state index contributed by atoms with van der Waals surface area (Å²) < 4.78 is 31.4. The van der Waals surface area contributed by atoms with Gasteiger partial charge in [-0.1, -0.05) is 0 Å². The minimum atomic E-state index is -1.02. The second-order valence-corrected chi connectivity index (χ2v) is 6.81. The van der Waals surface area contributed by atoms with Crippen LogP contribution in [0.15, 0.2) is 10.9 Å². The molecule has 1 fully saturated rings. The van der Waals surface area contributed by atoms with Crippen LogP contribution in [0.3, 0.4) is 0 Å². The summed E-state index contributed by atoms with van der Waals surface area (Å²) in [5.41, 5.74) is 0.775. The summed E-state index contributed by atoms with van der Waals surface area (Å²) in [6.45, 7) is 3.54. The zero-order valence-electron chi connectivity index (χ0n) is 16.1. The van der Waals surface area contributed by atoms with E-state index in [0.29, 0.717) is 37.4 Å². The van der Waals surface area contributed by atoms with Gasteiger partial charge in [-0.25, -0.2) is 0 Å². The Morgan fingerprint density at radius 1 is 1.39 bits per heavy atom. The fraction of sp³-hybridized carbons (Fsp3) is 0.632. The Morgan fingerprint density at radius 3 is 2.71 bits per heavy atom. The first kappa shape index (κ1) is 20.5. The van der Waals surface area contributed by atoms with E-state index in [1.165, 1.54) is 6.92 Å². The van der Waals surface area contributed by atoms with Crippen LogP contribution in [0.25, 0.3) is 0 Å². The molecule has 0 saturated carbocycles. The Balaban J connectivity index is 2.14. The first-order valence-corrected chi connectivity index (χ1v) is 9.45. The number of carbonyl (C=O) groups is 2. The molecule has 1 atom stereocenters. The highest BCUT2D eigenvalue weighted by Gasteiger charge is 2.46. The average Bonchev–Trinajstić information content (AvgIpc) is 3.27. The summed E-state index contributed by atoms with van der Waals surface area (Å²) in [6.07, 6.45) is 0.349. The minimum Gasteiger partial charge on any atom is -0.466 e. The minimum absolute atomic E-state index is 0.0549. The number of halogens is 1. The van der Waals surface area contributed by atoms with Gasteiger partial charge >= 0.3 is 5.97 Å². The van der Waals surface area contributed by atoms with Crippen molar-refractivity contribution in [2.75, 3.05) is 26.5 Å². The molecule has 1 aromatic rings. The number of carbonyl (C=O) groups excluding carboxylic acids is 2. The Kier molecular flexibility index (Phi) is 6.14. The number of nitrogens with one attached hydrogen (secondary N) is 1. The van der Waals surface area contributed by atoms with Crippen LogP contribution in [-0.4, -0.2) is 42.9 Å². The van der Waals surface area contributed by atoms with Crippen molar-refractivity contribution >= 4 is 11.9 Å². The highest BCUT2D eigenvalue weighted by atomic mass is 19.1. The molecule has 1 saturated heterocycles. The van der Waals surface area contributed by atoms with Crippen molar-refractivity contribution in [2.45, 2.75) is 51.5 Å². The van der Waals surface area contributed by atoms with Crippen molar-refractivity contribution in [2.24, 2.45) is 0 Å². The Labute approximate surface area is 161 Å². The van der Waals surface area contributed by atoms with Crippen LogP contribution in [0.4, 0.5) is 4.39 Å². The highest BCUT2D eigenvalue weighted by Crippen LogP contribution is 2.41. The molecule has 0 radical (unpaired) electrons. The summed E-state index contributed by atoms with van der Waals surface area (Å²) >= 11 is 0. The van der Waals surface area contributed by atoms with Gasteiger partial charge in [0, 0.05) is 32.0 Å². The lowest BCUT2D eigenvalue weighted by Crippen LogP contribution is -2.34. The van der Waals surface area contributed by atoms with Crippen molar-refractivity contribution < 1.29 is 28.2 Å². The molecule has 1 N–H and O–H groups in total. The standard InChI is InChI=1S/C19H25FN2O6/c1-3-26-18(25)13(4-6-20)14-10-16-19(27-8-9-28-19)5-7-22(16)17(24)15(14)11-21-12(2)23/h10,13H,3-9,11H2,1-2H3,(H,21,23). The number of rotatable bonds is 7. The van der Waals surface area contributed by atoms with E-state index < -0.39 is 24.3 Å². The Bertz CT molecular complexity index is 815. The summed E-state index contributed by atoms with van der Waals surface area (Å²) in [7, 11) is 0. The molecule has 1 aromatic heterocycles. The van der Waals surface area contributed by atoms with E-state index in [0.717, 1.165) is 0 Å². The predicted molar refractivity (Wildman–Crippen MR) is 96.4 cm³/mol. The second kappa shape index (κ2) is 8.40. The monoisotopic (exact) mass is 396 g/mol. The highest BCUT2D eigenvalue weighted by molar-refractivity contribution is 5.79. The first-order valence-electron chi connectivity index (χ1n) is 9.45. The summed E-state index contributed by atoms with van der Waals surface area (Å²) in [5, 5.41) is 2.60. The van der Waals surface area contributed by atoms with E-state index in [2.05, 4.69) is 5.32 Å². The van der Waals surface area contributed by atoms with Crippen molar-refractivity contribution in [3.63, 3.8) is 0 Å². The molecule has 0 bridgehead atoms. The van der Waals surface area contributed by atoms with Gasteiger partial charge in [-0.2, -0.15) is 0 Å². The number of fused-ring (bicyclic) bond motifs is 2. The number of alkyl halides is 1. The van der Waals surface area contributed by atoms with Crippen LogP contribution < -0.4 is 10.9 Å². The van der Waals surface area contributed by atoms with E-state index in [9.17, 15) is 18.8 Å². The van der Waals surface area contributed by atoms with E-state index in [-0.39, 0.29) is 36.6 Å². The molecule has 1 amide bonds. The molecule has 3 rings (SSSR count). The van der Waals surface area contributed by atoms with Gasteiger partial charge in [-0.05, 0) is 25.0 Å². The van der Waals surface area contributed by atoms with Gasteiger partial charge in [-0.3, -0.25) is 18.8 Å². The van der Waals surface area contributed by atoms with Crippen LogP contribution in [0.1, 0.15) is 49.4 Å². The number of amides is 1. The van der Waals surface area contributed by atoms with Crippen LogP contribution in [0.2, 0.25) is 0 Å². The maximum atomic E-state index is 13.2. The maximum Gasteiger partial charge on any atom is 0.313 e.